The summed E-state index contributed by atoms with van der Waals surface area (Å²) in [7, 11) is 1.60. The Morgan fingerprint density at radius 1 is 1.11 bits per heavy atom. The van der Waals surface area contributed by atoms with E-state index in [9.17, 15) is 9.59 Å². The van der Waals surface area contributed by atoms with Crippen LogP contribution in [-0.4, -0.2) is 105 Å². The third-order valence-electron chi connectivity index (χ3n) is 6.34. The van der Waals surface area contributed by atoms with E-state index in [4.69, 9.17) is 25.8 Å². The zero-order valence-electron chi connectivity index (χ0n) is 20.5. The average molecular weight is 517 g/mol. The molecule has 1 atom stereocenters. The molecule has 0 aromatic heterocycles. The van der Waals surface area contributed by atoms with Crippen LogP contribution in [0.2, 0.25) is 5.02 Å². The minimum Gasteiger partial charge on any atom is -0.497 e. The number of hydrogen-bond acceptors (Lipinski definition) is 6. The molecule has 36 heavy (non-hydrogen) atoms. The topological polar surface area (TPSA) is 83.6 Å². The van der Waals surface area contributed by atoms with E-state index >= 15 is 0 Å². The quantitative estimate of drug-likeness (QED) is 0.580. The van der Waals surface area contributed by atoms with Crippen molar-refractivity contribution in [1.29, 1.82) is 0 Å². The Labute approximate surface area is 216 Å². The van der Waals surface area contributed by atoms with Crippen LogP contribution in [0.3, 0.4) is 0 Å². The number of rotatable bonds is 8. The van der Waals surface area contributed by atoms with Crippen molar-refractivity contribution in [3.63, 3.8) is 0 Å². The summed E-state index contributed by atoms with van der Waals surface area (Å²) in [6, 6.07) is 13.9. The fraction of sp³-hybridized carbons (Fsp3) is 0.462. The molecule has 0 radical (unpaired) electrons. The van der Waals surface area contributed by atoms with Crippen LogP contribution in [0.1, 0.15) is 10.4 Å². The van der Waals surface area contributed by atoms with Gasteiger partial charge in [0, 0.05) is 55.5 Å². The summed E-state index contributed by atoms with van der Waals surface area (Å²) in [4.78, 5) is 32.2. The lowest BCUT2D eigenvalue weighted by atomic mass is 10.1. The molecule has 0 bridgehead atoms. The number of morpholine rings is 2. The van der Waals surface area contributed by atoms with Gasteiger partial charge in [-0.3, -0.25) is 9.69 Å². The predicted octanol–water partition coefficient (Wildman–Crippen LogP) is 3.06. The van der Waals surface area contributed by atoms with Gasteiger partial charge in [-0.15, -0.1) is 0 Å². The van der Waals surface area contributed by atoms with Crippen LogP contribution in [0.15, 0.2) is 48.5 Å². The zero-order chi connectivity index (χ0) is 25.3. The third kappa shape index (κ3) is 7.33. The van der Waals surface area contributed by atoms with Crippen molar-refractivity contribution in [1.82, 2.24) is 14.7 Å². The minimum absolute atomic E-state index is 0.0741. The number of nitrogens with zero attached hydrogens (tertiary/aromatic N) is 3. The van der Waals surface area contributed by atoms with E-state index in [0.29, 0.717) is 68.0 Å². The molecule has 3 amide bonds. The summed E-state index contributed by atoms with van der Waals surface area (Å²) in [5.41, 5.74) is 1.22. The predicted molar refractivity (Wildman–Crippen MR) is 138 cm³/mol. The number of benzene rings is 2. The number of carbonyl (C=O) groups is 2. The maximum atomic E-state index is 13.5. The van der Waals surface area contributed by atoms with Crippen LogP contribution >= 0.6 is 11.6 Å². The van der Waals surface area contributed by atoms with Gasteiger partial charge < -0.3 is 29.3 Å². The van der Waals surface area contributed by atoms with Crippen LogP contribution in [0.5, 0.6) is 5.75 Å². The van der Waals surface area contributed by atoms with Gasteiger partial charge in [-0.1, -0.05) is 17.7 Å². The van der Waals surface area contributed by atoms with Gasteiger partial charge in [-0.25, -0.2) is 4.79 Å². The largest absolute Gasteiger partial charge is 0.497 e. The molecule has 2 fully saturated rings. The molecule has 2 aliphatic rings. The molecule has 10 heteroatoms. The van der Waals surface area contributed by atoms with E-state index < -0.39 is 0 Å². The first-order chi connectivity index (χ1) is 17.5. The van der Waals surface area contributed by atoms with Crippen molar-refractivity contribution in [3.05, 3.63) is 59.1 Å². The number of anilines is 1. The fourth-order valence-corrected chi connectivity index (χ4v) is 4.50. The molecular weight excluding hydrogens is 484 g/mol. The van der Waals surface area contributed by atoms with Crippen molar-refractivity contribution in [2.45, 2.75) is 6.10 Å². The van der Waals surface area contributed by atoms with E-state index in [2.05, 4.69) is 10.2 Å². The van der Waals surface area contributed by atoms with Crippen LogP contribution in [-0.2, 0) is 9.47 Å². The van der Waals surface area contributed by atoms with E-state index in [1.54, 1.807) is 60.5 Å². The van der Waals surface area contributed by atoms with Gasteiger partial charge in [-0.2, -0.15) is 0 Å². The van der Waals surface area contributed by atoms with Crippen molar-refractivity contribution in [2.24, 2.45) is 0 Å². The standard InChI is InChI=1S/C26H33ClN4O5/c1-34-23-7-5-20(6-8-23)25(32)30(10-9-29-11-14-35-15-12-29)18-24-19-31(13-16-36-24)26(33)28-22-4-2-3-21(27)17-22/h2-8,17,24H,9-16,18-19H2,1H3,(H,28,33). The summed E-state index contributed by atoms with van der Waals surface area (Å²) in [5, 5.41) is 3.45. The maximum absolute atomic E-state index is 13.5. The molecule has 9 nitrogen and oxygen atoms in total. The Morgan fingerprint density at radius 2 is 1.89 bits per heavy atom. The number of methoxy groups -OCH3 is 1. The Balaban J connectivity index is 1.40. The maximum Gasteiger partial charge on any atom is 0.322 e. The summed E-state index contributed by atoms with van der Waals surface area (Å²) in [6.45, 7) is 6.06. The summed E-state index contributed by atoms with van der Waals surface area (Å²) >= 11 is 6.04. The van der Waals surface area contributed by atoms with Gasteiger partial charge >= 0.3 is 6.03 Å². The van der Waals surface area contributed by atoms with Crippen LogP contribution in [0, 0.1) is 0 Å². The van der Waals surface area contributed by atoms with Gasteiger partial charge in [0.2, 0.25) is 0 Å². The minimum atomic E-state index is -0.296. The van der Waals surface area contributed by atoms with E-state index in [1.807, 2.05) is 4.90 Å². The third-order valence-corrected chi connectivity index (χ3v) is 6.58. The first kappa shape index (κ1) is 26.2. The molecule has 1 N–H and O–H groups in total. The monoisotopic (exact) mass is 516 g/mol. The molecule has 2 aliphatic heterocycles. The molecule has 0 saturated carbocycles. The summed E-state index contributed by atoms with van der Waals surface area (Å²) in [5.74, 6) is 0.624. The number of ether oxygens (including phenoxy) is 3. The fourth-order valence-electron chi connectivity index (χ4n) is 4.31. The molecule has 194 valence electrons. The van der Waals surface area contributed by atoms with Gasteiger partial charge in [0.05, 0.1) is 39.6 Å². The first-order valence-corrected chi connectivity index (χ1v) is 12.6. The average Bonchev–Trinajstić information content (AvgIpc) is 2.91. The lowest BCUT2D eigenvalue weighted by Gasteiger charge is -2.36. The second kappa shape index (κ2) is 12.9. The van der Waals surface area contributed by atoms with Crippen LogP contribution in [0.25, 0.3) is 0 Å². The summed E-state index contributed by atoms with van der Waals surface area (Å²) in [6.07, 6.45) is -0.296. The second-order valence-corrected chi connectivity index (χ2v) is 9.25. The molecule has 2 aromatic rings. The van der Waals surface area contributed by atoms with Crippen molar-refractivity contribution in [2.75, 3.05) is 78.1 Å². The van der Waals surface area contributed by atoms with Gasteiger partial charge in [-0.05, 0) is 42.5 Å². The van der Waals surface area contributed by atoms with Crippen LogP contribution < -0.4 is 10.1 Å². The van der Waals surface area contributed by atoms with Crippen molar-refractivity contribution in [3.8, 4) is 5.75 Å². The highest BCUT2D eigenvalue weighted by molar-refractivity contribution is 6.30. The molecule has 1 unspecified atom stereocenters. The van der Waals surface area contributed by atoms with Crippen LogP contribution in [0.4, 0.5) is 10.5 Å². The summed E-state index contributed by atoms with van der Waals surface area (Å²) < 4.78 is 16.7. The van der Waals surface area contributed by atoms with E-state index in [0.717, 1.165) is 19.6 Å². The molecule has 4 rings (SSSR count). The number of halogens is 1. The smallest absolute Gasteiger partial charge is 0.322 e. The van der Waals surface area contributed by atoms with E-state index in [1.165, 1.54) is 0 Å². The Bertz CT molecular complexity index is 1020. The van der Waals surface area contributed by atoms with Gasteiger partial charge in [0.1, 0.15) is 5.75 Å². The van der Waals surface area contributed by atoms with Gasteiger partial charge in [0.15, 0.2) is 0 Å². The van der Waals surface area contributed by atoms with Gasteiger partial charge in [0.25, 0.3) is 5.91 Å². The second-order valence-electron chi connectivity index (χ2n) is 8.81. The highest BCUT2D eigenvalue weighted by Crippen LogP contribution is 2.18. The zero-order valence-corrected chi connectivity index (χ0v) is 21.3. The van der Waals surface area contributed by atoms with E-state index in [-0.39, 0.29) is 18.0 Å². The first-order valence-electron chi connectivity index (χ1n) is 12.2. The van der Waals surface area contributed by atoms with Crippen molar-refractivity contribution >= 4 is 29.2 Å². The normalized spacial score (nSPS) is 18.5. The number of amides is 3. The SMILES string of the molecule is COc1ccc(C(=O)N(CCN2CCOCC2)CC2CN(C(=O)Nc3cccc(Cl)c3)CCO2)cc1. The molecule has 0 aliphatic carbocycles. The highest BCUT2D eigenvalue weighted by Gasteiger charge is 2.28. The van der Waals surface area contributed by atoms with Crippen molar-refractivity contribution < 1.29 is 23.8 Å². The number of urea groups is 1. The molecule has 2 aromatic carbocycles. The molecular formula is C26H33ClN4O5. The Hall–Kier alpha value is -2.85. The number of nitrogens with one attached hydrogen (secondary N) is 1. The Morgan fingerprint density at radius 3 is 2.61 bits per heavy atom. The number of carbonyl (C=O) groups excluding carboxylic acids is 2. The lowest BCUT2D eigenvalue weighted by molar-refractivity contribution is -0.0282. The molecule has 2 saturated heterocycles. The molecule has 2 heterocycles. The highest BCUT2D eigenvalue weighted by atomic mass is 35.5. The molecule has 0 spiro atoms. The Kier molecular flexibility index (Phi) is 9.41. The lowest BCUT2D eigenvalue weighted by Crippen LogP contribution is -2.52. The number of hydrogen-bond donors (Lipinski definition) is 1.